The predicted molar refractivity (Wildman–Crippen MR) is 279 cm³/mol. The minimum Gasteiger partial charge on any atom is -0.432 e. The van der Waals surface area contributed by atoms with E-state index in [-0.39, 0.29) is 48.4 Å². The zero-order chi connectivity index (χ0) is 60.2. The number of carbonyl (C=O) groups is 1. The number of ether oxygens (including phenoxy) is 10. The van der Waals surface area contributed by atoms with Gasteiger partial charge in [-0.1, -0.05) is 51.5 Å². The molecule has 83 heavy (non-hydrogen) atoms. The Bertz CT molecular complexity index is 2330. The molecule has 10 rings (SSSR count). The lowest BCUT2D eigenvalue weighted by atomic mass is 9.34. The molecule has 0 bridgehead atoms. The predicted octanol–water partition coefficient (Wildman–Crippen LogP) is -3.40. The van der Waals surface area contributed by atoms with Gasteiger partial charge in [-0.05, 0) is 99.2 Å². The second kappa shape index (κ2) is 24.1. The molecule has 5 heterocycles. The van der Waals surface area contributed by atoms with Crippen molar-refractivity contribution in [3.63, 3.8) is 0 Å². The first-order valence-corrected chi connectivity index (χ1v) is 29.5. The lowest BCUT2D eigenvalue weighted by Gasteiger charge is -2.71. The fourth-order valence-electron chi connectivity index (χ4n) is 16.9. The second-order valence-electron chi connectivity index (χ2n) is 26.6. The Morgan fingerprint density at radius 2 is 1.24 bits per heavy atom. The first-order chi connectivity index (χ1) is 39.1. The summed E-state index contributed by atoms with van der Waals surface area (Å²) in [6.45, 7) is 12.4. The van der Waals surface area contributed by atoms with Gasteiger partial charge < -0.3 is 124 Å². The van der Waals surface area contributed by atoms with Crippen LogP contribution in [0.5, 0.6) is 0 Å². The first kappa shape index (κ1) is 64.0. The number of allylic oxidation sites excluding steroid dienone is 3. The molecule has 26 nitrogen and oxygen atoms in total. The van der Waals surface area contributed by atoms with E-state index in [0.29, 0.717) is 57.8 Å². The van der Waals surface area contributed by atoms with E-state index >= 15 is 4.79 Å². The van der Waals surface area contributed by atoms with Crippen molar-refractivity contribution in [1.29, 1.82) is 0 Å². The molecule has 5 aliphatic carbocycles. The van der Waals surface area contributed by atoms with Crippen LogP contribution < -0.4 is 0 Å². The molecule has 5 aliphatic heterocycles. The smallest absolute Gasteiger partial charge is 0.315 e. The third-order valence-electron chi connectivity index (χ3n) is 22.3. The average molecular weight is 1190 g/mol. The maximum atomic E-state index is 15.1. The lowest BCUT2D eigenvalue weighted by Crippen LogP contribution is -2.67. The largest absolute Gasteiger partial charge is 0.432 e. The quantitative estimate of drug-likeness (QED) is 0.0485. The highest BCUT2D eigenvalue weighted by Crippen LogP contribution is 2.75. The monoisotopic (exact) mass is 1190 g/mol. The third kappa shape index (κ3) is 10.7. The zero-order valence-corrected chi connectivity index (χ0v) is 47.7. The molecule has 5 saturated heterocycles. The van der Waals surface area contributed by atoms with Crippen LogP contribution in [0.15, 0.2) is 23.8 Å². The third-order valence-corrected chi connectivity index (χ3v) is 22.3. The van der Waals surface area contributed by atoms with Crippen molar-refractivity contribution in [1.82, 2.24) is 0 Å². The molecule has 15 N–H and O–H groups in total. The average Bonchev–Trinajstić information content (AvgIpc) is 0.762. The van der Waals surface area contributed by atoms with Gasteiger partial charge in [-0.3, -0.25) is 4.79 Å². The van der Waals surface area contributed by atoms with Crippen LogP contribution in [0, 0.1) is 44.8 Å². The molecular formula is C57H90O26. The summed E-state index contributed by atoms with van der Waals surface area (Å²) < 4.78 is 58.9. The number of fused-ring (bicyclic) bond motifs is 7. The van der Waals surface area contributed by atoms with Gasteiger partial charge in [-0.15, -0.1) is 0 Å². The molecule has 32 atom stereocenters. The van der Waals surface area contributed by atoms with Crippen LogP contribution >= 0.6 is 0 Å². The van der Waals surface area contributed by atoms with Crippen LogP contribution in [0.1, 0.15) is 98.8 Å². The summed E-state index contributed by atoms with van der Waals surface area (Å²) in [6.07, 6.45) is -29.2. The van der Waals surface area contributed by atoms with Crippen LogP contribution in [0.4, 0.5) is 0 Å². The van der Waals surface area contributed by atoms with Crippen LogP contribution in [0.3, 0.4) is 0 Å². The van der Waals surface area contributed by atoms with E-state index < -0.39 is 183 Å². The SMILES string of the molecule is C=C1CC[C@]2(C(=O)O[C@@H]3O[C@H](CO[C@@H]4O[C@H](CO)[C@@H](O[C@@H]5O[C@@H](C)[C@H](O)[C@@H](O)[C@H]5O)[C@H](O)[C@H]4O)[C@@H](O)[C@H](O)[C@H]3O)CC[C@]3(C)C(=CC[C@@H]4[C@@]5(C)CC[C@H](O[C@@H]6OC[C@H](O)[C@H](O)[C@H]6O[C@@H]6OC[C@@H](O)[C@H](O)[C@H]6O)[C@@](C)(CO)[C@@H]5CC[C@]43C)[C@@H]2C1. The topological polar surface area (TPSA) is 413 Å². The van der Waals surface area contributed by atoms with Crippen LogP contribution in [-0.4, -0.2) is 263 Å². The van der Waals surface area contributed by atoms with Gasteiger partial charge in [0, 0.05) is 11.3 Å². The molecule has 474 valence electrons. The maximum absolute atomic E-state index is 15.1. The molecule has 0 unspecified atom stereocenters. The van der Waals surface area contributed by atoms with Crippen molar-refractivity contribution in [3.8, 4) is 0 Å². The van der Waals surface area contributed by atoms with E-state index in [1.165, 1.54) is 6.92 Å². The minimum absolute atomic E-state index is 0.0716. The number of rotatable bonds is 13. The van der Waals surface area contributed by atoms with Crippen molar-refractivity contribution < 1.29 is 129 Å². The Morgan fingerprint density at radius 3 is 1.94 bits per heavy atom. The molecule has 4 saturated carbocycles. The van der Waals surface area contributed by atoms with Gasteiger partial charge >= 0.3 is 5.97 Å². The van der Waals surface area contributed by atoms with Gasteiger partial charge in [0.1, 0.15) is 104 Å². The van der Waals surface area contributed by atoms with E-state index in [2.05, 4.69) is 33.4 Å². The molecule has 0 radical (unpaired) electrons. The highest BCUT2D eigenvalue weighted by atomic mass is 16.8. The molecule has 0 spiro atoms. The van der Waals surface area contributed by atoms with Gasteiger partial charge in [0.05, 0.1) is 50.7 Å². The highest BCUT2D eigenvalue weighted by molar-refractivity contribution is 5.79. The van der Waals surface area contributed by atoms with Gasteiger partial charge in [0.15, 0.2) is 25.2 Å². The van der Waals surface area contributed by atoms with E-state index in [4.69, 9.17) is 47.4 Å². The van der Waals surface area contributed by atoms with Gasteiger partial charge in [-0.25, -0.2) is 0 Å². The fourth-order valence-corrected chi connectivity index (χ4v) is 16.9. The zero-order valence-electron chi connectivity index (χ0n) is 47.7. The summed E-state index contributed by atoms with van der Waals surface area (Å²) in [7, 11) is 0. The number of hydrogen-bond acceptors (Lipinski definition) is 26. The molecule has 10 aliphatic rings. The summed E-state index contributed by atoms with van der Waals surface area (Å²) in [5, 5.41) is 161. The summed E-state index contributed by atoms with van der Waals surface area (Å²) in [5.74, 6) is -0.977. The summed E-state index contributed by atoms with van der Waals surface area (Å²) >= 11 is 0. The van der Waals surface area contributed by atoms with E-state index in [0.717, 1.165) is 17.6 Å². The van der Waals surface area contributed by atoms with Gasteiger partial charge in [0.2, 0.25) is 6.29 Å². The molecule has 26 heteroatoms. The molecule has 9 fully saturated rings. The number of hydrogen-bond donors (Lipinski definition) is 15. The van der Waals surface area contributed by atoms with Crippen molar-refractivity contribution >= 4 is 5.97 Å². The van der Waals surface area contributed by atoms with Crippen molar-refractivity contribution in [2.45, 2.75) is 246 Å². The Kier molecular flexibility index (Phi) is 18.6. The fraction of sp³-hybridized carbons (Fsp3) is 0.912. The van der Waals surface area contributed by atoms with E-state index in [9.17, 15) is 76.6 Å². The van der Waals surface area contributed by atoms with Crippen molar-refractivity contribution in [3.05, 3.63) is 23.8 Å². The second-order valence-corrected chi connectivity index (χ2v) is 26.6. The van der Waals surface area contributed by atoms with Crippen molar-refractivity contribution in [2.75, 3.05) is 33.0 Å². The van der Waals surface area contributed by atoms with Gasteiger partial charge in [0.25, 0.3) is 0 Å². The molecule has 0 aromatic carbocycles. The minimum atomic E-state index is -1.91. The van der Waals surface area contributed by atoms with E-state index in [1.54, 1.807) is 0 Å². The summed E-state index contributed by atoms with van der Waals surface area (Å²) in [6, 6.07) is 0. The Balaban J connectivity index is 0.823. The highest BCUT2D eigenvalue weighted by Gasteiger charge is 2.70. The summed E-state index contributed by atoms with van der Waals surface area (Å²) in [4.78, 5) is 15.1. The number of aliphatic hydroxyl groups excluding tert-OH is 15. The molecular weight excluding hydrogens is 1100 g/mol. The molecule has 0 amide bonds. The Morgan fingerprint density at radius 1 is 0.614 bits per heavy atom. The summed E-state index contributed by atoms with van der Waals surface area (Å²) in [5.41, 5.74) is -0.916. The molecule has 0 aromatic rings. The van der Waals surface area contributed by atoms with Crippen LogP contribution in [0.2, 0.25) is 0 Å². The maximum Gasteiger partial charge on any atom is 0.315 e. The Labute approximate surface area is 481 Å². The first-order valence-electron chi connectivity index (χ1n) is 29.5. The number of carbonyl (C=O) groups excluding carboxylic acids is 1. The standard InChI is InChI=1S/C57H90O26/c1-23-9-14-57(52(73)83-50-43(71)39(67)37(65)30(79-50)21-76-47-44(72)40(68)45(29(18-58)78-47)81-49-42(70)38(66)34(62)24(2)77-49)16-15-55(5)25(26(57)17-23)7-8-32-53(3)12-11-33(54(4,22-59)31(53)10-13-56(32,55)6)80-51-46(36(64)28(61)20-75-51)82-48-41(69)35(63)27(60)19-74-48/h7,24,26-51,58-72H,1,8-22H2,2-6H3/t24-,26-,27+,28-,29+,30+,31+,32+,33-,34-,35-,36-,37+,38+,39-,40+,41+,42+,43+,44+,45+,46+,47+,48-,49-,50-,51-,53-,54-,55+,56+,57-/m0/s1. The number of esters is 1. The van der Waals surface area contributed by atoms with Crippen LogP contribution in [0.25, 0.3) is 0 Å². The van der Waals surface area contributed by atoms with Gasteiger partial charge in [-0.2, -0.15) is 0 Å². The normalized spacial score (nSPS) is 54.8. The lowest BCUT2D eigenvalue weighted by molar-refractivity contribution is -0.361. The number of aliphatic hydroxyl groups is 15. The van der Waals surface area contributed by atoms with E-state index in [1.807, 2.05) is 6.92 Å². The van der Waals surface area contributed by atoms with Crippen molar-refractivity contribution in [2.24, 2.45) is 44.8 Å². The molecule has 0 aromatic heterocycles. The Hall–Kier alpha value is -2.01. The van der Waals surface area contributed by atoms with Crippen LogP contribution in [-0.2, 0) is 52.2 Å².